The van der Waals surface area contributed by atoms with Crippen molar-refractivity contribution in [3.63, 3.8) is 0 Å². The van der Waals surface area contributed by atoms with E-state index in [0.717, 1.165) is 18.5 Å². The highest BCUT2D eigenvalue weighted by Gasteiger charge is 2.37. The molecule has 1 aromatic rings. The molecule has 2 saturated heterocycles. The summed E-state index contributed by atoms with van der Waals surface area (Å²) in [5.41, 5.74) is 1.12. The number of benzene rings is 1. The maximum absolute atomic E-state index is 11.7. The molecule has 5 nitrogen and oxygen atoms in total. The van der Waals surface area contributed by atoms with Crippen LogP contribution in [-0.4, -0.2) is 22.8 Å². The van der Waals surface area contributed by atoms with E-state index in [1.54, 1.807) is 24.3 Å². The van der Waals surface area contributed by atoms with Crippen molar-refractivity contribution in [2.24, 2.45) is 0 Å². The van der Waals surface area contributed by atoms with Gasteiger partial charge >= 0.3 is 0 Å². The van der Waals surface area contributed by atoms with E-state index in [2.05, 4.69) is 4.90 Å². The van der Waals surface area contributed by atoms with Crippen LogP contribution in [0.4, 0.5) is 11.4 Å². The fourth-order valence-corrected chi connectivity index (χ4v) is 3.34. The Morgan fingerprint density at radius 3 is 2.21 bits per heavy atom. The van der Waals surface area contributed by atoms with E-state index in [1.807, 2.05) is 0 Å². The molecule has 0 radical (unpaired) electrons. The van der Waals surface area contributed by atoms with Gasteiger partial charge in [-0.25, -0.2) is 0 Å². The molecule has 1 aromatic carbocycles. The molecule has 0 N–H and O–H groups in total. The minimum Gasteiger partial charge on any atom is -0.365 e. The van der Waals surface area contributed by atoms with E-state index in [4.69, 9.17) is 0 Å². The van der Waals surface area contributed by atoms with Gasteiger partial charge in [-0.2, -0.15) is 0 Å². The average molecular weight is 260 g/mol. The lowest BCUT2D eigenvalue weighted by molar-refractivity contribution is -0.384. The number of hydrogen-bond donors (Lipinski definition) is 0. The van der Waals surface area contributed by atoms with E-state index >= 15 is 0 Å². The van der Waals surface area contributed by atoms with Gasteiger partial charge < -0.3 is 4.90 Å². The van der Waals surface area contributed by atoms with Crippen LogP contribution in [-0.2, 0) is 4.79 Å². The van der Waals surface area contributed by atoms with Gasteiger partial charge in [-0.1, -0.05) is 0 Å². The van der Waals surface area contributed by atoms with E-state index < -0.39 is 0 Å². The fraction of sp³-hybridized carbons (Fsp3) is 0.500. The predicted molar refractivity (Wildman–Crippen MR) is 71.2 cm³/mol. The molecule has 2 unspecified atom stereocenters. The summed E-state index contributed by atoms with van der Waals surface area (Å²) in [5, 5.41) is 10.7. The second kappa shape index (κ2) is 4.64. The van der Waals surface area contributed by atoms with E-state index in [0.29, 0.717) is 18.6 Å². The number of ketones is 1. The molecule has 3 rings (SSSR count). The lowest BCUT2D eigenvalue weighted by Gasteiger charge is -2.47. The number of Topliss-reactive ketones (excluding diaryl/α,β-unsaturated/α-hetero) is 1. The summed E-state index contributed by atoms with van der Waals surface area (Å²) < 4.78 is 0. The topological polar surface area (TPSA) is 63.5 Å². The Morgan fingerprint density at radius 2 is 1.68 bits per heavy atom. The molecular formula is C14H16N2O3. The van der Waals surface area contributed by atoms with Crippen molar-refractivity contribution in [3.8, 4) is 0 Å². The third-order valence-electron chi connectivity index (χ3n) is 4.15. The zero-order chi connectivity index (χ0) is 13.4. The first-order valence-electron chi connectivity index (χ1n) is 6.69. The smallest absolute Gasteiger partial charge is 0.269 e. The molecule has 2 atom stereocenters. The van der Waals surface area contributed by atoms with Crippen LogP contribution in [0.25, 0.3) is 0 Å². The minimum atomic E-state index is -0.385. The standard InChI is InChI=1S/C14H16N2O3/c17-14-8-12-2-1-3-13(9-14)15(12)10-4-6-11(7-5-10)16(18)19/h4-7,12-13H,1-3,8-9H2. The molecule has 0 aromatic heterocycles. The molecule has 2 aliphatic heterocycles. The second-order valence-corrected chi connectivity index (χ2v) is 5.37. The number of nitro groups is 1. The van der Waals surface area contributed by atoms with Crippen molar-refractivity contribution in [2.75, 3.05) is 4.90 Å². The van der Waals surface area contributed by atoms with Crippen molar-refractivity contribution >= 4 is 17.2 Å². The summed E-state index contributed by atoms with van der Waals surface area (Å²) in [7, 11) is 0. The third kappa shape index (κ3) is 2.20. The van der Waals surface area contributed by atoms with Gasteiger partial charge in [-0.15, -0.1) is 0 Å². The lowest BCUT2D eigenvalue weighted by Crippen LogP contribution is -2.52. The summed E-state index contributed by atoms with van der Waals surface area (Å²) in [6.45, 7) is 0. The molecule has 2 aliphatic rings. The van der Waals surface area contributed by atoms with E-state index in [9.17, 15) is 14.9 Å². The number of carbonyl (C=O) groups is 1. The van der Waals surface area contributed by atoms with Crippen molar-refractivity contribution in [1.29, 1.82) is 0 Å². The van der Waals surface area contributed by atoms with Crippen LogP contribution in [0.2, 0.25) is 0 Å². The van der Waals surface area contributed by atoms with E-state index in [-0.39, 0.29) is 22.7 Å². The summed E-state index contributed by atoms with van der Waals surface area (Å²) in [6, 6.07) is 7.25. The minimum absolute atomic E-state index is 0.113. The highest BCUT2D eigenvalue weighted by atomic mass is 16.6. The molecule has 2 bridgehead atoms. The molecular weight excluding hydrogens is 244 g/mol. The summed E-state index contributed by atoms with van der Waals surface area (Å²) in [5.74, 6) is 0.355. The van der Waals surface area contributed by atoms with Crippen LogP contribution in [0.5, 0.6) is 0 Å². The highest BCUT2D eigenvalue weighted by Crippen LogP contribution is 2.36. The number of nitrogens with zero attached hydrogens (tertiary/aromatic N) is 2. The van der Waals surface area contributed by atoms with Crippen LogP contribution < -0.4 is 4.90 Å². The van der Waals surface area contributed by atoms with Crippen LogP contribution >= 0.6 is 0 Å². The normalized spacial score (nSPS) is 26.3. The van der Waals surface area contributed by atoms with Crippen molar-refractivity contribution in [3.05, 3.63) is 34.4 Å². The Labute approximate surface area is 111 Å². The predicted octanol–water partition coefficient (Wildman–Crippen LogP) is 2.69. The average Bonchev–Trinajstić information content (AvgIpc) is 2.37. The van der Waals surface area contributed by atoms with Gasteiger partial charge in [0.25, 0.3) is 5.69 Å². The molecule has 19 heavy (non-hydrogen) atoms. The number of anilines is 1. The van der Waals surface area contributed by atoms with Crippen LogP contribution in [0, 0.1) is 10.1 Å². The van der Waals surface area contributed by atoms with Gasteiger partial charge in [0.1, 0.15) is 5.78 Å². The second-order valence-electron chi connectivity index (χ2n) is 5.37. The Bertz CT molecular complexity index is 496. The zero-order valence-electron chi connectivity index (χ0n) is 10.6. The Hall–Kier alpha value is -1.91. The largest absolute Gasteiger partial charge is 0.365 e. The lowest BCUT2D eigenvalue weighted by atomic mass is 9.83. The highest BCUT2D eigenvalue weighted by molar-refractivity contribution is 5.82. The third-order valence-corrected chi connectivity index (χ3v) is 4.15. The van der Waals surface area contributed by atoms with Gasteiger partial charge in [-0.3, -0.25) is 14.9 Å². The maximum atomic E-state index is 11.7. The molecule has 2 heterocycles. The Morgan fingerprint density at radius 1 is 1.11 bits per heavy atom. The van der Waals surface area contributed by atoms with E-state index in [1.165, 1.54) is 6.42 Å². The van der Waals surface area contributed by atoms with Crippen molar-refractivity contribution in [1.82, 2.24) is 0 Å². The van der Waals surface area contributed by atoms with Gasteiger partial charge in [-0.05, 0) is 31.4 Å². The number of non-ortho nitro benzene ring substituents is 1. The number of hydrogen-bond acceptors (Lipinski definition) is 4. The first-order chi connectivity index (χ1) is 9.15. The SMILES string of the molecule is O=C1CC2CCCC(C1)N2c1ccc([N+](=O)[O-])cc1. The van der Waals surface area contributed by atoms with Gasteiger partial charge in [0, 0.05) is 42.7 Å². The van der Waals surface area contributed by atoms with Crippen LogP contribution in [0.1, 0.15) is 32.1 Å². The number of rotatable bonds is 2. The molecule has 0 amide bonds. The quantitative estimate of drug-likeness (QED) is 0.605. The number of fused-ring (bicyclic) bond motifs is 2. The van der Waals surface area contributed by atoms with Crippen LogP contribution in [0.3, 0.4) is 0 Å². The number of nitro benzene ring substituents is 1. The molecule has 0 spiro atoms. The first kappa shape index (κ1) is 12.1. The molecule has 0 aliphatic carbocycles. The summed E-state index contributed by atoms with van der Waals surface area (Å²) >= 11 is 0. The maximum Gasteiger partial charge on any atom is 0.269 e. The number of carbonyl (C=O) groups excluding carboxylic acids is 1. The molecule has 2 fully saturated rings. The van der Waals surface area contributed by atoms with Gasteiger partial charge in [0.2, 0.25) is 0 Å². The Kier molecular flexibility index (Phi) is 2.97. The Balaban J connectivity index is 1.88. The van der Waals surface area contributed by atoms with Gasteiger partial charge in [0.15, 0.2) is 0 Å². The monoisotopic (exact) mass is 260 g/mol. The van der Waals surface area contributed by atoms with Gasteiger partial charge in [0.05, 0.1) is 4.92 Å². The van der Waals surface area contributed by atoms with Crippen molar-refractivity contribution in [2.45, 2.75) is 44.2 Å². The molecule has 5 heteroatoms. The molecule has 0 saturated carbocycles. The summed E-state index contributed by atoms with van der Waals surface area (Å²) in [4.78, 5) is 24.3. The first-order valence-corrected chi connectivity index (χ1v) is 6.69. The zero-order valence-corrected chi connectivity index (χ0v) is 10.6. The summed E-state index contributed by atoms with van der Waals surface area (Å²) in [6.07, 6.45) is 4.49. The molecule has 100 valence electrons. The fourth-order valence-electron chi connectivity index (χ4n) is 3.34. The number of piperidine rings is 2. The van der Waals surface area contributed by atoms with Crippen molar-refractivity contribution < 1.29 is 9.72 Å². The van der Waals surface area contributed by atoms with Crippen LogP contribution in [0.15, 0.2) is 24.3 Å².